The van der Waals surface area contributed by atoms with Gasteiger partial charge >= 0.3 is 0 Å². The molecule has 0 heterocycles. The van der Waals surface area contributed by atoms with Crippen LogP contribution in [-0.2, 0) is 0 Å². The molecule has 0 saturated heterocycles. The summed E-state index contributed by atoms with van der Waals surface area (Å²) >= 11 is 4.24. The van der Waals surface area contributed by atoms with Crippen molar-refractivity contribution in [2.45, 2.75) is 6.92 Å². The van der Waals surface area contributed by atoms with Gasteiger partial charge in [-0.1, -0.05) is 17.7 Å². The Kier molecular flexibility index (Phi) is 4.87. The second-order valence-electron chi connectivity index (χ2n) is 4.59. The van der Waals surface area contributed by atoms with E-state index in [0.717, 1.165) is 11.6 Å². The highest BCUT2D eigenvalue weighted by Crippen LogP contribution is 2.35. The molecule has 2 N–H and O–H groups in total. The van der Waals surface area contributed by atoms with E-state index < -0.39 is 5.78 Å². The molecule has 2 aromatic carbocycles. The number of phenolic OH excluding ortho intramolecular Hbond substituents is 2. The van der Waals surface area contributed by atoms with Crippen LogP contribution in [0.1, 0.15) is 37.4 Å². The molecule has 0 saturated carbocycles. The van der Waals surface area contributed by atoms with Crippen LogP contribution in [0, 0.1) is 6.92 Å². The predicted molar refractivity (Wildman–Crippen MR) is 95.9 cm³/mol. The predicted octanol–water partition coefficient (Wildman–Crippen LogP) is 3.95. The van der Waals surface area contributed by atoms with Crippen LogP contribution in [-0.4, -0.2) is 21.8 Å². The number of benzene rings is 2. The SMILES string of the molecule is Cc1ccc2c(c1)C(=O)c1cc(O)cc(O)c1C2=O.II. The Morgan fingerprint density at radius 1 is 0.857 bits per heavy atom. The van der Waals surface area contributed by atoms with Gasteiger partial charge < -0.3 is 10.2 Å². The van der Waals surface area contributed by atoms with E-state index in [4.69, 9.17) is 0 Å². The molecular formula is C15H10I2O4. The van der Waals surface area contributed by atoms with Crippen LogP contribution >= 0.6 is 37.2 Å². The van der Waals surface area contributed by atoms with Gasteiger partial charge in [-0.15, -0.1) is 0 Å². The van der Waals surface area contributed by atoms with Crippen molar-refractivity contribution < 1.29 is 19.8 Å². The van der Waals surface area contributed by atoms with E-state index in [0.29, 0.717) is 5.56 Å². The molecule has 1 aliphatic rings. The normalized spacial score (nSPS) is 12.1. The molecule has 0 bridgehead atoms. The molecule has 0 unspecified atom stereocenters. The molecule has 0 amide bonds. The van der Waals surface area contributed by atoms with Crippen LogP contribution in [0.5, 0.6) is 11.5 Å². The first-order valence-corrected chi connectivity index (χ1v) is 12.2. The maximum absolute atomic E-state index is 12.3. The minimum Gasteiger partial charge on any atom is -0.508 e. The Labute approximate surface area is 144 Å². The first-order chi connectivity index (χ1) is 9.99. The smallest absolute Gasteiger partial charge is 0.198 e. The fourth-order valence-electron chi connectivity index (χ4n) is 2.35. The van der Waals surface area contributed by atoms with Gasteiger partial charge in [0, 0.05) is 60.0 Å². The summed E-state index contributed by atoms with van der Waals surface area (Å²) in [5.41, 5.74) is 1.46. The zero-order valence-electron chi connectivity index (χ0n) is 10.9. The minimum atomic E-state index is -0.401. The van der Waals surface area contributed by atoms with Crippen molar-refractivity contribution in [3.63, 3.8) is 0 Å². The lowest BCUT2D eigenvalue weighted by Crippen LogP contribution is -2.21. The Hall–Kier alpha value is -1.16. The van der Waals surface area contributed by atoms with Crippen molar-refractivity contribution >= 4 is 48.8 Å². The van der Waals surface area contributed by atoms with Gasteiger partial charge in [0.1, 0.15) is 11.5 Å². The van der Waals surface area contributed by atoms with Crippen molar-refractivity contribution in [1.82, 2.24) is 0 Å². The molecule has 0 aliphatic heterocycles. The van der Waals surface area contributed by atoms with Gasteiger partial charge in [-0.2, -0.15) is 0 Å². The number of hydrogen-bond donors (Lipinski definition) is 2. The van der Waals surface area contributed by atoms with Crippen molar-refractivity contribution in [1.29, 1.82) is 0 Å². The number of halogens is 2. The zero-order chi connectivity index (χ0) is 15.7. The summed E-state index contributed by atoms with van der Waals surface area (Å²) in [4.78, 5) is 24.6. The average molecular weight is 508 g/mol. The molecule has 0 radical (unpaired) electrons. The van der Waals surface area contributed by atoms with Crippen LogP contribution in [0.3, 0.4) is 0 Å². The quantitative estimate of drug-likeness (QED) is 0.452. The molecule has 0 fully saturated rings. The highest BCUT2D eigenvalue weighted by molar-refractivity contribution is 15.0. The van der Waals surface area contributed by atoms with Crippen LogP contribution < -0.4 is 0 Å². The van der Waals surface area contributed by atoms with Crippen molar-refractivity contribution in [2.75, 3.05) is 0 Å². The van der Waals surface area contributed by atoms with Gasteiger partial charge in [0.05, 0.1) is 5.56 Å². The topological polar surface area (TPSA) is 74.6 Å². The third kappa shape index (κ3) is 2.78. The van der Waals surface area contributed by atoms with Crippen LogP contribution in [0.25, 0.3) is 0 Å². The molecule has 2 aromatic rings. The summed E-state index contributed by atoms with van der Waals surface area (Å²) in [6, 6.07) is 7.23. The number of carbonyl (C=O) groups excluding carboxylic acids is 2. The third-order valence-corrected chi connectivity index (χ3v) is 3.24. The van der Waals surface area contributed by atoms with Crippen LogP contribution in [0.2, 0.25) is 0 Å². The number of aryl methyl sites for hydroxylation is 1. The second kappa shape index (κ2) is 6.30. The van der Waals surface area contributed by atoms with E-state index in [1.807, 2.05) is 6.92 Å². The lowest BCUT2D eigenvalue weighted by Gasteiger charge is -2.18. The molecule has 3 rings (SSSR count). The third-order valence-electron chi connectivity index (χ3n) is 3.24. The van der Waals surface area contributed by atoms with Gasteiger partial charge in [0.2, 0.25) is 0 Å². The van der Waals surface area contributed by atoms with Crippen LogP contribution in [0.4, 0.5) is 0 Å². The summed E-state index contributed by atoms with van der Waals surface area (Å²) in [7, 11) is 0. The van der Waals surface area contributed by atoms with Crippen molar-refractivity contribution in [3.8, 4) is 11.5 Å². The van der Waals surface area contributed by atoms with Gasteiger partial charge in [-0.05, 0) is 19.1 Å². The van der Waals surface area contributed by atoms with E-state index in [2.05, 4.69) is 37.2 Å². The zero-order valence-corrected chi connectivity index (χ0v) is 15.2. The maximum atomic E-state index is 12.3. The molecule has 1 aliphatic carbocycles. The summed E-state index contributed by atoms with van der Waals surface area (Å²) in [5, 5.41) is 19.2. The highest BCUT2D eigenvalue weighted by Gasteiger charge is 2.32. The van der Waals surface area contributed by atoms with Gasteiger partial charge in [-0.25, -0.2) is 0 Å². The van der Waals surface area contributed by atoms with Gasteiger partial charge in [-0.3, -0.25) is 9.59 Å². The molecule has 0 atom stereocenters. The maximum Gasteiger partial charge on any atom is 0.198 e. The molecule has 4 nitrogen and oxygen atoms in total. The van der Waals surface area contributed by atoms with Crippen molar-refractivity contribution in [3.05, 3.63) is 58.1 Å². The minimum absolute atomic E-state index is 0.0422. The van der Waals surface area contributed by atoms with E-state index in [1.54, 1.807) is 18.2 Å². The monoisotopic (exact) mass is 508 g/mol. The molecule has 6 heteroatoms. The fourth-order valence-corrected chi connectivity index (χ4v) is 2.35. The molecule has 0 spiro atoms. The Bertz CT molecular complexity index is 754. The Morgan fingerprint density at radius 3 is 2.19 bits per heavy atom. The van der Waals surface area contributed by atoms with Crippen molar-refractivity contribution in [2.24, 2.45) is 0 Å². The number of carbonyl (C=O) groups is 2. The van der Waals surface area contributed by atoms with E-state index in [-0.39, 0.29) is 34.0 Å². The van der Waals surface area contributed by atoms with E-state index in [1.165, 1.54) is 6.07 Å². The lowest BCUT2D eigenvalue weighted by atomic mass is 9.83. The number of ketones is 2. The molecule has 21 heavy (non-hydrogen) atoms. The summed E-state index contributed by atoms with van der Waals surface area (Å²) in [5.74, 6) is -1.38. The molecular weight excluding hydrogens is 498 g/mol. The van der Waals surface area contributed by atoms with E-state index >= 15 is 0 Å². The number of hydrogen-bond acceptors (Lipinski definition) is 4. The lowest BCUT2D eigenvalue weighted by molar-refractivity contribution is 0.0976. The van der Waals surface area contributed by atoms with E-state index in [9.17, 15) is 19.8 Å². The largest absolute Gasteiger partial charge is 0.508 e. The van der Waals surface area contributed by atoms with Gasteiger partial charge in [0.15, 0.2) is 11.6 Å². The summed E-state index contributed by atoms with van der Waals surface area (Å²) < 4.78 is 0. The average Bonchev–Trinajstić information content (AvgIpc) is 2.46. The number of rotatable bonds is 0. The number of fused-ring (bicyclic) bond motifs is 2. The second-order valence-corrected chi connectivity index (χ2v) is 4.59. The first kappa shape index (κ1) is 16.2. The Balaban J connectivity index is 0.000000774. The summed E-state index contributed by atoms with van der Waals surface area (Å²) in [6.45, 7) is 1.83. The van der Waals surface area contributed by atoms with Gasteiger partial charge in [0.25, 0.3) is 0 Å². The van der Waals surface area contributed by atoms with Crippen LogP contribution in [0.15, 0.2) is 30.3 Å². The molecule has 108 valence electrons. The Morgan fingerprint density at radius 2 is 1.52 bits per heavy atom. The summed E-state index contributed by atoms with van der Waals surface area (Å²) in [6.07, 6.45) is 0. The molecule has 0 aromatic heterocycles. The number of aromatic hydroxyl groups is 2. The first-order valence-electron chi connectivity index (χ1n) is 5.89. The highest BCUT2D eigenvalue weighted by atomic mass is 128. The number of phenols is 2. The fraction of sp³-hybridized carbons (Fsp3) is 0.0667. The standard InChI is InChI=1S/C15H10O4.I2/c1-7-2-3-9-10(4-7)14(18)11-5-8(16)6-12(17)13(11)15(9)19;1-2/h2-6,16-17H,1H3;.